The van der Waals surface area contributed by atoms with Gasteiger partial charge in [0.25, 0.3) is 0 Å². The zero-order valence-corrected chi connectivity index (χ0v) is 8.84. The van der Waals surface area contributed by atoms with Gasteiger partial charge >= 0.3 is 5.97 Å². The standard InChI is InChI=1S/C10H13N3O3/c1-15-9(14)8-4-2-7(3-5-8)6-16-13-10(11)12/h2-5H,6H2,1H3,(H4,11,12,13). The first kappa shape index (κ1) is 11.8. The SMILES string of the molecule is COC(=O)c1ccc(CON=C(N)N)cc1. The zero-order chi connectivity index (χ0) is 12.0. The van der Waals surface area contributed by atoms with Crippen LogP contribution in [0, 0.1) is 0 Å². The van der Waals surface area contributed by atoms with E-state index in [1.807, 2.05) is 0 Å². The Morgan fingerprint density at radius 2 is 1.94 bits per heavy atom. The highest BCUT2D eigenvalue weighted by Gasteiger charge is 2.04. The van der Waals surface area contributed by atoms with Crippen molar-refractivity contribution < 1.29 is 14.4 Å². The third-order valence-electron chi connectivity index (χ3n) is 1.78. The van der Waals surface area contributed by atoms with Crippen molar-refractivity contribution in [3.8, 4) is 0 Å². The van der Waals surface area contributed by atoms with Gasteiger partial charge in [-0.1, -0.05) is 12.1 Å². The van der Waals surface area contributed by atoms with Crippen LogP contribution in [0.25, 0.3) is 0 Å². The summed E-state index contributed by atoms with van der Waals surface area (Å²) in [6.07, 6.45) is 0. The second-order valence-corrected chi connectivity index (χ2v) is 2.98. The van der Waals surface area contributed by atoms with Crippen LogP contribution in [0.3, 0.4) is 0 Å². The van der Waals surface area contributed by atoms with E-state index < -0.39 is 0 Å². The first-order chi connectivity index (χ1) is 7.63. The van der Waals surface area contributed by atoms with Gasteiger partial charge in [-0.05, 0) is 22.9 Å². The molecule has 6 heteroatoms. The summed E-state index contributed by atoms with van der Waals surface area (Å²) in [6, 6.07) is 6.74. The monoisotopic (exact) mass is 223 g/mol. The number of oxime groups is 1. The van der Waals surface area contributed by atoms with E-state index in [0.29, 0.717) is 5.56 Å². The molecule has 0 aliphatic carbocycles. The third kappa shape index (κ3) is 3.49. The summed E-state index contributed by atoms with van der Waals surface area (Å²) in [5.41, 5.74) is 11.5. The van der Waals surface area contributed by atoms with Gasteiger partial charge in [0.15, 0.2) is 0 Å². The van der Waals surface area contributed by atoms with Crippen molar-refractivity contribution in [2.45, 2.75) is 6.61 Å². The van der Waals surface area contributed by atoms with Gasteiger partial charge in [0.2, 0.25) is 5.96 Å². The number of nitrogens with zero attached hydrogens (tertiary/aromatic N) is 1. The molecular formula is C10H13N3O3. The maximum absolute atomic E-state index is 11.1. The average Bonchev–Trinajstić information content (AvgIpc) is 2.28. The molecule has 0 fully saturated rings. The Labute approximate surface area is 92.8 Å². The molecule has 0 heterocycles. The molecule has 0 saturated carbocycles. The second kappa shape index (κ2) is 5.59. The van der Waals surface area contributed by atoms with Crippen molar-refractivity contribution in [3.63, 3.8) is 0 Å². The van der Waals surface area contributed by atoms with Crippen LogP contribution in [0.15, 0.2) is 29.4 Å². The fraction of sp³-hybridized carbons (Fsp3) is 0.200. The fourth-order valence-corrected chi connectivity index (χ4v) is 1.04. The number of carbonyl (C=O) groups is 1. The van der Waals surface area contributed by atoms with E-state index in [-0.39, 0.29) is 18.5 Å². The maximum Gasteiger partial charge on any atom is 0.337 e. The molecular weight excluding hydrogens is 210 g/mol. The molecule has 1 rings (SSSR count). The molecule has 4 N–H and O–H groups in total. The lowest BCUT2D eigenvalue weighted by molar-refractivity contribution is 0.0600. The predicted octanol–water partition coefficient (Wildman–Crippen LogP) is 0.178. The Bertz CT molecular complexity index is 383. The Balaban J connectivity index is 2.58. The number of hydrogen-bond donors (Lipinski definition) is 2. The van der Waals surface area contributed by atoms with Crippen LogP contribution in [0.4, 0.5) is 0 Å². The lowest BCUT2D eigenvalue weighted by Gasteiger charge is -2.02. The molecule has 1 aromatic rings. The number of carbonyl (C=O) groups excluding carboxylic acids is 1. The van der Waals surface area contributed by atoms with Gasteiger partial charge < -0.3 is 21.0 Å². The number of methoxy groups -OCH3 is 1. The number of nitrogens with two attached hydrogens (primary N) is 2. The number of ether oxygens (including phenoxy) is 1. The molecule has 1 aromatic carbocycles. The van der Waals surface area contributed by atoms with Crippen molar-refractivity contribution >= 4 is 11.9 Å². The summed E-state index contributed by atoms with van der Waals surface area (Å²) in [4.78, 5) is 15.9. The lowest BCUT2D eigenvalue weighted by Crippen LogP contribution is -2.22. The van der Waals surface area contributed by atoms with Crippen LogP contribution in [0.5, 0.6) is 0 Å². The molecule has 0 unspecified atom stereocenters. The van der Waals surface area contributed by atoms with Crippen LogP contribution >= 0.6 is 0 Å². The summed E-state index contributed by atoms with van der Waals surface area (Å²) in [7, 11) is 1.33. The van der Waals surface area contributed by atoms with E-state index in [0.717, 1.165) is 5.56 Å². The van der Waals surface area contributed by atoms with Gasteiger partial charge in [-0.15, -0.1) is 0 Å². The quantitative estimate of drug-likeness (QED) is 0.328. The molecule has 0 radical (unpaired) electrons. The molecule has 0 spiro atoms. The van der Waals surface area contributed by atoms with E-state index in [4.69, 9.17) is 16.3 Å². The van der Waals surface area contributed by atoms with Crippen molar-refractivity contribution in [2.75, 3.05) is 7.11 Å². The smallest absolute Gasteiger partial charge is 0.337 e. The van der Waals surface area contributed by atoms with Gasteiger partial charge in [-0.3, -0.25) is 0 Å². The van der Waals surface area contributed by atoms with E-state index in [1.165, 1.54) is 7.11 Å². The van der Waals surface area contributed by atoms with E-state index in [1.54, 1.807) is 24.3 Å². The third-order valence-corrected chi connectivity index (χ3v) is 1.78. The van der Waals surface area contributed by atoms with Crippen molar-refractivity contribution in [2.24, 2.45) is 16.6 Å². The van der Waals surface area contributed by atoms with Gasteiger partial charge in [0.1, 0.15) is 6.61 Å². The Morgan fingerprint density at radius 3 is 2.44 bits per heavy atom. The molecule has 16 heavy (non-hydrogen) atoms. The van der Waals surface area contributed by atoms with Gasteiger partial charge in [-0.2, -0.15) is 0 Å². The first-order valence-corrected chi connectivity index (χ1v) is 4.51. The van der Waals surface area contributed by atoms with Crippen LogP contribution in [0.1, 0.15) is 15.9 Å². The number of esters is 1. The second-order valence-electron chi connectivity index (χ2n) is 2.98. The molecule has 86 valence electrons. The maximum atomic E-state index is 11.1. The summed E-state index contributed by atoms with van der Waals surface area (Å²) in [5, 5.41) is 3.37. The number of benzene rings is 1. The van der Waals surface area contributed by atoms with Crippen LogP contribution in [0.2, 0.25) is 0 Å². The summed E-state index contributed by atoms with van der Waals surface area (Å²) in [5.74, 6) is -0.511. The van der Waals surface area contributed by atoms with Gasteiger partial charge in [0.05, 0.1) is 12.7 Å². The highest BCUT2D eigenvalue weighted by molar-refractivity contribution is 5.89. The summed E-state index contributed by atoms with van der Waals surface area (Å²) in [6.45, 7) is 0.235. The minimum absolute atomic E-state index is 0.133. The van der Waals surface area contributed by atoms with Gasteiger partial charge in [-0.25, -0.2) is 4.79 Å². The Morgan fingerprint density at radius 1 is 1.31 bits per heavy atom. The molecule has 0 amide bonds. The topological polar surface area (TPSA) is 99.9 Å². The highest BCUT2D eigenvalue weighted by atomic mass is 16.6. The van der Waals surface area contributed by atoms with Crippen molar-refractivity contribution in [1.82, 2.24) is 0 Å². The molecule has 0 aliphatic heterocycles. The molecule has 0 atom stereocenters. The molecule has 0 saturated heterocycles. The number of rotatable bonds is 4. The lowest BCUT2D eigenvalue weighted by atomic mass is 10.1. The minimum atomic E-state index is -0.378. The summed E-state index contributed by atoms with van der Waals surface area (Å²) >= 11 is 0. The number of hydrogen-bond acceptors (Lipinski definition) is 4. The zero-order valence-electron chi connectivity index (χ0n) is 8.84. The van der Waals surface area contributed by atoms with Crippen LogP contribution in [-0.2, 0) is 16.2 Å². The summed E-state index contributed by atoms with van der Waals surface area (Å²) < 4.78 is 4.56. The van der Waals surface area contributed by atoms with Gasteiger partial charge in [0, 0.05) is 0 Å². The van der Waals surface area contributed by atoms with Crippen LogP contribution < -0.4 is 11.5 Å². The van der Waals surface area contributed by atoms with E-state index in [9.17, 15) is 4.79 Å². The first-order valence-electron chi connectivity index (χ1n) is 4.51. The Kier molecular flexibility index (Phi) is 4.14. The normalized spacial score (nSPS) is 9.31. The van der Waals surface area contributed by atoms with E-state index >= 15 is 0 Å². The number of guanidine groups is 1. The molecule has 0 aromatic heterocycles. The average molecular weight is 223 g/mol. The highest BCUT2D eigenvalue weighted by Crippen LogP contribution is 2.06. The molecule has 0 bridgehead atoms. The molecule has 6 nitrogen and oxygen atoms in total. The predicted molar refractivity (Wildman–Crippen MR) is 58.4 cm³/mol. The minimum Gasteiger partial charge on any atom is -0.465 e. The Hall–Kier alpha value is -2.24. The largest absolute Gasteiger partial charge is 0.465 e. The molecule has 0 aliphatic rings. The van der Waals surface area contributed by atoms with E-state index in [2.05, 4.69) is 9.89 Å². The fourth-order valence-electron chi connectivity index (χ4n) is 1.04. The van der Waals surface area contributed by atoms with Crippen molar-refractivity contribution in [3.05, 3.63) is 35.4 Å². The van der Waals surface area contributed by atoms with Crippen molar-refractivity contribution in [1.29, 1.82) is 0 Å². The van der Waals surface area contributed by atoms with Crippen LogP contribution in [-0.4, -0.2) is 19.0 Å².